The quantitative estimate of drug-likeness (QED) is 0.574. The molecule has 9 heteroatoms. The van der Waals surface area contributed by atoms with Gasteiger partial charge in [-0.15, -0.1) is 0 Å². The van der Waals surface area contributed by atoms with Gasteiger partial charge in [-0.05, 0) is 12.1 Å². The maximum Gasteiger partial charge on any atom is 0.322 e. The fraction of sp³-hybridized carbons (Fsp3) is 0.292. The van der Waals surface area contributed by atoms with Crippen molar-refractivity contribution in [2.75, 3.05) is 43.1 Å². The fourth-order valence-corrected chi connectivity index (χ4v) is 4.62. The number of anilines is 2. The van der Waals surface area contributed by atoms with Crippen LogP contribution in [-0.4, -0.2) is 53.7 Å². The zero-order chi connectivity index (χ0) is 22.8. The van der Waals surface area contributed by atoms with Crippen LogP contribution >= 0.6 is 23.2 Å². The number of carbonyl (C=O) groups excluding carboxylic acids is 1. The van der Waals surface area contributed by atoms with Crippen LogP contribution in [0.25, 0.3) is 11.4 Å². The normalized spacial score (nSPS) is 15.8. The van der Waals surface area contributed by atoms with Crippen LogP contribution in [0.1, 0.15) is 11.3 Å². The Hall–Kier alpha value is -2.87. The van der Waals surface area contributed by atoms with Gasteiger partial charge in [-0.25, -0.2) is 14.8 Å². The molecule has 3 heterocycles. The van der Waals surface area contributed by atoms with Crippen molar-refractivity contribution in [1.29, 1.82) is 0 Å². The first-order valence-corrected chi connectivity index (χ1v) is 11.6. The molecule has 1 aromatic heterocycles. The smallest absolute Gasteiger partial charge is 0.322 e. The average Bonchev–Trinajstić information content (AvgIpc) is 2.86. The molecule has 33 heavy (non-hydrogen) atoms. The number of hydrogen-bond donors (Lipinski definition) is 1. The highest BCUT2D eigenvalue weighted by atomic mass is 35.5. The van der Waals surface area contributed by atoms with Crippen molar-refractivity contribution in [3.8, 4) is 11.4 Å². The van der Waals surface area contributed by atoms with Gasteiger partial charge >= 0.3 is 6.03 Å². The number of nitrogens with zero attached hydrogens (tertiary/aromatic N) is 4. The topological polar surface area (TPSA) is 70.6 Å². The number of urea groups is 1. The van der Waals surface area contributed by atoms with E-state index < -0.39 is 0 Å². The Morgan fingerprint density at radius 2 is 1.67 bits per heavy atom. The molecule has 2 amide bonds. The van der Waals surface area contributed by atoms with Gasteiger partial charge < -0.3 is 19.9 Å². The van der Waals surface area contributed by atoms with E-state index in [4.69, 9.17) is 37.9 Å². The third kappa shape index (κ3) is 4.62. The number of rotatable bonds is 3. The molecule has 0 bridgehead atoms. The number of amides is 2. The Kier molecular flexibility index (Phi) is 6.35. The summed E-state index contributed by atoms with van der Waals surface area (Å²) in [5.41, 5.74) is 3.34. The maximum atomic E-state index is 13.1. The molecule has 0 saturated carbocycles. The van der Waals surface area contributed by atoms with Crippen molar-refractivity contribution in [2.45, 2.75) is 13.0 Å². The van der Waals surface area contributed by atoms with Crippen LogP contribution in [0.15, 0.2) is 48.5 Å². The van der Waals surface area contributed by atoms with Crippen LogP contribution in [0.5, 0.6) is 0 Å². The Labute approximate surface area is 202 Å². The first kappa shape index (κ1) is 21.9. The van der Waals surface area contributed by atoms with Gasteiger partial charge in [-0.2, -0.15) is 0 Å². The first-order valence-electron chi connectivity index (χ1n) is 10.9. The molecule has 0 aliphatic carbocycles. The van der Waals surface area contributed by atoms with Crippen LogP contribution < -0.4 is 10.2 Å². The lowest BCUT2D eigenvalue weighted by molar-refractivity contribution is 0.122. The van der Waals surface area contributed by atoms with E-state index in [1.807, 2.05) is 30.3 Å². The summed E-state index contributed by atoms with van der Waals surface area (Å²) in [6.45, 7) is 3.74. The van der Waals surface area contributed by atoms with Crippen LogP contribution in [-0.2, 0) is 17.7 Å². The van der Waals surface area contributed by atoms with E-state index in [0.717, 1.165) is 35.7 Å². The molecule has 0 spiro atoms. The SMILES string of the molecule is O=C(Nc1c(Cl)cccc1Cl)N1CCc2nc(-c3ccccc3)nc(N3CCOCC3)c2C1. The van der Waals surface area contributed by atoms with Gasteiger partial charge in [0.05, 0.1) is 41.2 Å². The second-order valence-electron chi connectivity index (χ2n) is 7.96. The van der Waals surface area contributed by atoms with Crippen LogP contribution in [0, 0.1) is 0 Å². The van der Waals surface area contributed by atoms with Crippen molar-refractivity contribution < 1.29 is 9.53 Å². The number of carbonyl (C=O) groups is 1. The monoisotopic (exact) mass is 483 g/mol. The summed E-state index contributed by atoms with van der Waals surface area (Å²) in [7, 11) is 0. The van der Waals surface area contributed by atoms with Gasteiger partial charge in [0, 0.05) is 37.2 Å². The highest BCUT2D eigenvalue weighted by Gasteiger charge is 2.29. The number of hydrogen-bond acceptors (Lipinski definition) is 5. The summed E-state index contributed by atoms with van der Waals surface area (Å²) < 4.78 is 5.54. The van der Waals surface area contributed by atoms with E-state index in [1.54, 1.807) is 23.1 Å². The summed E-state index contributed by atoms with van der Waals surface area (Å²) in [4.78, 5) is 26.9. The molecule has 3 aromatic rings. The lowest BCUT2D eigenvalue weighted by Gasteiger charge is -2.34. The second kappa shape index (κ2) is 9.55. The van der Waals surface area contributed by atoms with Gasteiger partial charge in [-0.1, -0.05) is 59.6 Å². The third-order valence-electron chi connectivity index (χ3n) is 5.86. The van der Waals surface area contributed by atoms with Gasteiger partial charge in [0.2, 0.25) is 0 Å². The van der Waals surface area contributed by atoms with Crippen molar-refractivity contribution in [2.24, 2.45) is 0 Å². The molecule has 1 N–H and O–H groups in total. The highest BCUT2D eigenvalue weighted by Crippen LogP contribution is 2.33. The molecule has 0 unspecified atom stereocenters. The third-order valence-corrected chi connectivity index (χ3v) is 6.49. The number of benzene rings is 2. The summed E-state index contributed by atoms with van der Waals surface area (Å²) in [5, 5.41) is 3.67. The summed E-state index contributed by atoms with van der Waals surface area (Å²) in [5.74, 6) is 1.58. The Morgan fingerprint density at radius 1 is 0.939 bits per heavy atom. The molecule has 0 atom stereocenters. The number of nitrogens with one attached hydrogen (secondary N) is 1. The number of morpholine rings is 1. The lowest BCUT2D eigenvalue weighted by atomic mass is 10.0. The molecule has 5 rings (SSSR count). The number of aromatic nitrogens is 2. The van der Waals surface area contributed by atoms with Gasteiger partial charge in [0.1, 0.15) is 5.82 Å². The molecular formula is C24H23Cl2N5O2. The maximum absolute atomic E-state index is 13.1. The largest absolute Gasteiger partial charge is 0.378 e. The van der Waals surface area contributed by atoms with Gasteiger partial charge in [0.15, 0.2) is 5.82 Å². The first-order chi connectivity index (χ1) is 16.1. The predicted octanol–water partition coefficient (Wildman–Crippen LogP) is 4.88. The van der Waals surface area contributed by atoms with Crippen LogP contribution in [0.3, 0.4) is 0 Å². The van der Waals surface area contributed by atoms with E-state index in [0.29, 0.717) is 54.3 Å². The average molecular weight is 484 g/mol. The summed E-state index contributed by atoms with van der Waals surface area (Å²) in [6.07, 6.45) is 0.638. The molecule has 0 radical (unpaired) electrons. The van der Waals surface area contributed by atoms with Crippen molar-refractivity contribution in [1.82, 2.24) is 14.9 Å². The standard InChI is InChI=1S/C24H23Cl2N5O2/c25-18-7-4-8-19(26)21(18)28-24(32)31-10-9-20-17(15-31)23(30-11-13-33-14-12-30)29-22(27-20)16-5-2-1-3-6-16/h1-8H,9-15H2,(H,28,32). The van der Waals surface area contributed by atoms with Gasteiger partial charge in [0.25, 0.3) is 0 Å². The molecule has 2 aliphatic heterocycles. The van der Waals surface area contributed by atoms with E-state index >= 15 is 0 Å². The molecule has 2 aliphatic rings. The van der Waals surface area contributed by atoms with Crippen LogP contribution in [0.2, 0.25) is 10.0 Å². The van der Waals surface area contributed by atoms with Crippen LogP contribution in [0.4, 0.5) is 16.3 Å². The molecule has 1 fully saturated rings. The molecule has 2 aromatic carbocycles. The highest BCUT2D eigenvalue weighted by molar-refractivity contribution is 6.39. The van der Waals surface area contributed by atoms with Crippen molar-refractivity contribution in [3.63, 3.8) is 0 Å². The Bertz CT molecular complexity index is 1150. The van der Waals surface area contributed by atoms with Crippen molar-refractivity contribution >= 4 is 40.7 Å². The minimum Gasteiger partial charge on any atom is -0.378 e. The summed E-state index contributed by atoms with van der Waals surface area (Å²) >= 11 is 12.5. The number of para-hydroxylation sites is 1. The summed E-state index contributed by atoms with van der Waals surface area (Å²) in [6, 6.07) is 14.9. The van der Waals surface area contributed by atoms with Crippen molar-refractivity contribution in [3.05, 3.63) is 69.8 Å². The minimum absolute atomic E-state index is 0.254. The van der Waals surface area contributed by atoms with E-state index in [9.17, 15) is 4.79 Å². The number of halogens is 2. The lowest BCUT2D eigenvalue weighted by Crippen LogP contribution is -2.42. The predicted molar refractivity (Wildman–Crippen MR) is 130 cm³/mol. The van der Waals surface area contributed by atoms with E-state index in [1.165, 1.54) is 0 Å². The molecular weight excluding hydrogens is 461 g/mol. The fourth-order valence-electron chi connectivity index (χ4n) is 4.13. The Balaban J connectivity index is 1.46. The Morgan fingerprint density at radius 3 is 2.39 bits per heavy atom. The molecule has 170 valence electrons. The van der Waals surface area contributed by atoms with E-state index in [2.05, 4.69) is 10.2 Å². The van der Waals surface area contributed by atoms with E-state index in [-0.39, 0.29) is 6.03 Å². The zero-order valence-electron chi connectivity index (χ0n) is 17.9. The molecule has 7 nitrogen and oxygen atoms in total. The minimum atomic E-state index is -0.254. The molecule has 1 saturated heterocycles. The second-order valence-corrected chi connectivity index (χ2v) is 8.77. The van der Waals surface area contributed by atoms with Gasteiger partial charge in [-0.3, -0.25) is 0 Å². The number of fused-ring (bicyclic) bond motifs is 1. The number of ether oxygens (including phenoxy) is 1. The zero-order valence-corrected chi connectivity index (χ0v) is 19.4.